The third-order valence-electron chi connectivity index (χ3n) is 11.4. The largest absolute Gasteiger partial charge is 0.461 e. The summed E-state index contributed by atoms with van der Waals surface area (Å²) in [7, 11) is 0. The molecule has 1 spiro atoms. The lowest BCUT2D eigenvalue weighted by Crippen LogP contribution is -2.48. The Labute approximate surface area is 206 Å². The maximum atomic E-state index is 11.8. The molecule has 5 nitrogen and oxygen atoms in total. The smallest absolute Gasteiger partial charge is 0.319 e. The van der Waals surface area contributed by atoms with Gasteiger partial charge in [0.1, 0.15) is 6.10 Å². The summed E-state index contributed by atoms with van der Waals surface area (Å²) < 4.78 is 12.6. The summed E-state index contributed by atoms with van der Waals surface area (Å²) in [6.07, 6.45) is 13.8. The van der Waals surface area contributed by atoms with Crippen LogP contribution < -0.4 is 11.1 Å². The molecule has 6 rings (SSSR count). The second kappa shape index (κ2) is 8.59. The molecule has 2 aliphatic heterocycles. The Morgan fingerprint density at radius 1 is 1.21 bits per heavy atom. The van der Waals surface area contributed by atoms with E-state index >= 15 is 0 Å². The minimum Gasteiger partial charge on any atom is -0.461 e. The van der Waals surface area contributed by atoms with Crippen molar-refractivity contribution in [2.75, 3.05) is 13.1 Å². The summed E-state index contributed by atoms with van der Waals surface area (Å²) in [5, 5.41) is 3.81. The highest BCUT2D eigenvalue weighted by molar-refractivity contribution is 5.71. The average molecular weight is 471 g/mol. The SMILES string of the molecule is CC1=C2C[C@H]3[C@@H](CC[C@@H]4C[C@@H](OC(=O)CN)CCC43C)[C@@H]2CC[C@]2(C1)C[C@@H]1NC[C@@H](C)C[C@H]1O2. The first-order valence-corrected chi connectivity index (χ1v) is 14.3. The molecule has 0 aromatic heterocycles. The zero-order valence-electron chi connectivity index (χ0n) is 21.6. The molecule has 1 unspecified atom stereocenters. The zero-order valence-corrected chi connectivity index (χ0v) is 21.6. The first-order chi connectivity index (χ1) is 16.3. The summed E-state index contributed by atoms with van der Waals surface area (Å²) in [5.74, 6) is 3.59. The van der Waals surface area contributed by atoms with Gasteiger partial charge in [0.25, 0.3) is 0 Å². The van der Waals surface area contributed by atoms with E-state index in [1.54, 1.807) is 5.57 Å². The van der Waals surface area contributed by atoms with E-state index in [-0.39, 0.29) is 24.2 Å². The molecular formula is C29H46N2O3. The van der Waals surface area contributed by atoms with Crippen molar-refractivity contribution in [1.29, 1.82) is 0 Å². The van der Waals surface area contributed by atoms with Crippen LogP contribution in [0.3, 0.4) is 0 Å². The van der Waals surface area contributed by atoms with Gasteiger partial charge in [-0.1, -0.05) is 25.0 Å². The lowest BCUT2D eigenvalue weighted by Gasteiger charge is -2.54. The molecule has 0 bridgehead atoms. The molecule has 34 heavy (non-hydrogen) atoms. The fraction of sp³-hybridized carbons (Fsp3) is 0.897. The molecule has 4 aliphatic carbocycles. The van der Waals surface area contributed by atoms with Crippen LogP contribution in [-0.4, -0.2) is 42.9 Å². The Morgan fingerprint density at radius 2 is 2.06 bits per heavy atom. The Hall–Kier alpha value is -0.910. The van der Waals surface area contributed by atoms with E-state index < -0.39 is 0 Å². The fourth-order valence-corrected chi connectivity index (χ4v) is 9.74. The number of fused-ring (bicyclic) bond motifs is 6. The molecule has 10 atom stereocenters. The topological polar surface area (TPSA) is 73.6 Å². The Kier molecular flexibility index (Phi) is 5.93. The highest BCUT2D eigenvalue weighted by Gasteiger charge is 2.58. The summed E-state index contributed by atoms with van der Waals surface area (Å²) in [4.78, 5) is 11.8. The maximum Gasteiger partial charge on any atom is 0.319 e. The van der Waals surface area contributed by atoms with E-state index in [9.17, 15) is 4.79 Å². The van der Waals surface area contributed by atoms with Crippen molar-refractivity contribution in [1.82, 2.24) is 5.32 Å². The van der Waals surface area contributed by atoms with Crippen molar-refractivity contribution in [3.63, 3.8) is 0 Å². The zero-order chi connectivity index (χ0) is 23.7. The van der Waals surface area contributed by atoms with Crippen LogP contribution in [0.15, 0.2) is 11.1 Å². The van der Waals surface area contributed by atoms with Crippen LogP contribution >= 0.6 is 0 Å². The number of piperidine rings is 1. The van der Waals surface area contributed by atoms with Gasteiger partial charge in [-0.05, 0) is 119 Å². The van der Waals surface area contributed by atoms with E-state index in [4.69, 9.17) is 15.2 Å². The van der Waals surface area contributed by atoms with Gasteiger partial charge in [-0.15, -0.1) is 0 Å². The predicted molar refractivity (Wildman–Crippen MR) is 133 cm³/mol. The number of nitrogens with two attached hydrogens (primary N) is 1. The van der Waals surface area contributed by atoms with Crippen LogP contribution in [0.4, 0.5) is 0 Å². The second-order valence-corrected chi connectivity index (χ2v) is 13.4. The van der Waals surface area contributed by atoms with Gasteiger partial charge in [0, 0.05) is 6.04 Å². The van der Waals surface area contributed by atoms with Gasteiger partial charge < -0.3 is 20.5 Å². The number of rotatable bonds is 2. The number of nitrogens with one attached hydrogen (secondary N) is 1. The molecule has 0 radical (unpaired) electrons. The molecule has 0 amide bonds. The van der Waals surface area contributed by atoms with Crippen LogP contribution in [0.2, 0.25) is 0 Å². The van der Waals surface area contributed by atoms with E-state index in [1.807, 2.05) is 5.57 Å². The number of esters is 1. The number of ether oxygens (including phenoxy) is 2. The van der Waals surface area contributed by atoms with Crippen LogP contribution in [0.5, 0.6) is 0 Å². The highest BCUT2D eigenvalue weighted by atomic mass is 16.5. The van der Waals surface area contributed by atoms with Crippen LogP contribution in [-0.2, 0) is 14.3 Å². The predicted octanol–water partition coefficient (Wildman–Crippen LogP) is 4.74. The normalized spacial score (nSPS) is 50.2. The monoisotopic (exact) mass is 470 g/mol. The van der Waals surface area contributed by atoms with Crippen LogP contribution in [0.1, 0.15) is 91.4 Å². The van der Waals surface area contributed by atoms with E-state index in [2.05, 4.69) is 26.1 Å². The fourth-order valence-electron chi connectivity index (χ4n) is 9.74. The summed E-state index contributed by atoms with van der Waals surface area (Å²) in [6, 6.07) is 0.567. The number of allylic oxidation sites excluding steroid dienone is 1. The molecule has 3 N–H and O–H groups in total. The molecule has 0 aromatic carbocycles. The minimum absolute atomic E-state index is 0.0000319. The standard InChI is InChI=1S/C29H46N2O3/c1-17-10-26-25(31-16-17)14-29(34-26)9-7-21-22-5-4-19-11-20(33-27(32)15-30)6-8-28(19,3)24(22)12-23(21)18(2)13-29/h17,19-22,24-26,31H,4-16,30H2,1-3H3/t17-,19+,20-,21-,22-,24-,25-,26+,28?,29-/m0/s1. The number of carbonyl (C=O) groups excluding carboxylic acids is 1. The summed E-state index contributed by atoms with van der Waals surface area (Å²) >= 11 is 0. The molecular weight excluding hydrogens is 424 g/mol. The first-order valence-electron chi connectivity index (χ1n) is 14.3. The van der Waals surface area contributed by atoms with Gasteiger partial charge in [-0.25, -0.2) is 0 Å². The minimum atomic E-state index is -0.237. The van der Waals surface area contributed by atoms with Crippen molar-refractivity contribution in [2.45, 2.75) is 115 Å². The van der Waals surface area contributed by atoms with Gasteiger partial charge >= 0.3 is 5.97 Å². The van der Waals surface area contributed by atoms with Gasteiger partial charge in [0.05, 0.1) is 18.2 Å². The van der Waals surface area contributed by atoms with E-state index in [0.29, 0.717) is 23.5 Å². The molecule has 190 valence electrons. The molecule has 0 aromatic rings. The second-order valence-electron chi connectivity index (χ2n) is 13.4. The highest BCUT2D eigenvalue weighted by Crippen LogP contribution is 2.65. The van der Waals surface area contributed by atoms with Crippen LogP contribution in [0.25, 0.3) is 0 Å². The lowest BCUT2D eigenvalue weighted by atomic mass is 9.52. The van der Waals surface area contributed by atoms with Crippen molar-refractivity contribution in [3.05, 3.63) is 11.1 Å². The van der Waals surface area contributed by atoms with E-state index in [1.165, 1.54) is 51.4 Å². The van der Waals surface area contributed by atoms with Crippen LogP contribution in [0, 0.1) is 35.0 Å². The maximum absolute atomic E-state index is 11.8. The summed E-state index contributed by atoms with van der Waals surface area (Å²) in [6.45, 7) is 8.53. The van der Waals surface area contributed by atoms with Crippen molar-refractivity contribution >= 4 is 5.97 Å². The van der Waals surface area contributed by atoms with Gasteiger partial charge in [0.15, 0.2) is 0 Å². The van der Waals surface area contributed by atoms with Crippen molar-refractivity contribution in [3.8, 4) is 0 Å². The molecule has 6 aliphatic rings. The molecule has 2 saturated heterocycles. The van der Waals surface area contributed by atoms with Gasteiger partial charge in [0.2, 0.25) is 0 Å². The Morgan fingerprint density at radius 3 is 2.88 bits per heavy atom. The number of hydrogen-bond donors (Lipinski definition) is 2. The molecule has 2 heterocycles. The van der Waals surface area contributed by atoms with E-state index in [0.717, 1.165) is 49.5 Å². The summed E-state index contributed by atoms with van der Waals surface area (Å²) in [5.41, 5.74) is 9.44. The average Bonchev–Trinajstić information content (AvgIpc) is 3.32. The number of carbonyl (C=O) groups is 1. The third-order valence-corrected chi connectivity index (χ3v) is 11.4. The molecule has 3 saturated carbocycles. The third kappa shape index (κ3) is 3.80. The van der Waals surface area contributed by atoms with Gasteiger partial charge in [-0.3, -0.25) is 4.79 Å². The Balaban J connectivity index is 1.19. The molecule has 5 heteroatoms. The quantitative estimate of drug-likeness (QED) is 0.451. The van der Waals surface area contributed by atoms with Crippen molar-refractivity contribution in [2.24, 2.45) is 40.7 Å². The Bertz CT molecular complexity index is 856. The molecule has 5 fully saturated rings. The van der Waals surface area contributed by atoms with Crippen molar-refractivity contribution < 1.29 is 14.3 Å². The van der Waals surface area contributed by atoms with Gasteiger partial charge in [-0.2, -0.15) is 0 Å². The number of hydrogen-bond acceptors (Lipinski definition) is 5. The lowest BCUT2D eigenvalue weighted by molar-refractivity contribution is -0.155. The first kappa shape index (κ1) is 23.5.